The standard InChI is InChI=1S/C58H93NO5/c1-4-7-10-13-16-19-22-25-28-30-33-36-39-42-45-48-51-58(63)64-54(49-46-43-40-37-34-31-29-26-23-20-17-14-11-8-5-2)52-57(62)59-55(53-60)56(61)50-47-44-41-38-35-32-27-24-21-18-15-12-9-6-3/h7-8,10-11,14,16-17,19-20,23,25-26,28-29,31,33-34,36-37,40,42,45,54-56,60-61H,4-6,9,12-13,15,18,21-22,24,27,30,32,35,38-39,41,43-44,46-53H2,1-3H3,(H,59,62)/b10-7+,11-8-,17-14+,19-16+,23-20+,28-25+,29-26-,34-31+,36-33+,40-37+,45-42+. The van der Waals surface area contributed by atoms with Gasteiger partial charge in [-0.1, -0.05) is 244 Å². The Balaban J connectivity index is 4.86. The second-order valence-corrected chi connectivity index (χ2v) is 16.6. The van der Waals surface area contributed by atoms with Crippen molar-refractivity contribution >= 4 is 11.9 Å². The molecule has 0 aliphatic rings. The zero-order valence-corrected chi connectivity index (χ0v) is 40.9. The van der Waals surface area contributed by atoms with E-state index >= 15 is 0 Å². The number of aliphatic hydroxyl groups is 2. The van der Waals surface area contributed by atoms with Gasteiger partial charge in [0, 0.05) is 6.42 Å². The molecule has 0 bridgehead atoms. The van der Waals surface area contributed by atoms with Crippen LogP contribution in [0.4, 0.5) is 0 Å². The third kappa shape index (κ3) is 44.6. The highest BCUT2D eigenvalue weighted by Crippen LogP contribution is 2.16. The Morgan fingerprint density at radius 3 is 1.41 bits per heavy atom. The molecule has 6 nitrogen and oxygen atoms in total. The van der Waals surface area contributed by atoms with Crippen molar-refractivity contribution in [3.05, 3.63) is 134 Å². The molecule has 0 aliphatic heterocycles. The van der Waals surface area contributed by atoms with Gasteiger partial charge in [-0.2, -0.15) is 0 Å². The minimum absolute atomic E-state index is 0.0124. The smallest absolute Gasteiger partial charge is 0.306 e. The summed E-state index contributed by atoms with van der Waals surface area (Å²) >= 11 is 0. The molecule has 0 aliphatic carbocycles. The molecule has 3 N–H and O–H groups in total. The normalized spacial score (nSPS) is 14.4. The molecule has 64 heavy (non-hydrogen) atoms. The Morgan fingerprint density at radius 2 is 0.922 bits per heavy atom. The molecular formula is C58H93NO5. The average Bonchev–Trinajstić information content (AvgIpc) is 3.29. The van der Waals surface area contributed by atoms with Crippen molar-refractivity contribution in [1.29, 1.82) is 0 Å². The van der Waals surface area contributed by atoms with Crippen molar-refractivity contribution in [1.82, 2.24) is 5.32 Å². The summed E-state index contributed by atoms with van der Waals surface area (Å²) in [6.45, 7) is 6.17. The zero-order chi connectivity index (χ0) is 46.7. The molecule has 360 valence electrons. The van der Waals surface area contributed by atoms with Gasteiger partial charge < -0.3 is 20.3 Å². The van der Waals surface area contributed by atoms with Gasteiger partial charge in [-0.05, 0) is 70.6 Å². The van der Waals surface area contributed by atoms with Crippen LogP contribution in [-0.2, 0) is 14.3 Å². The SMILES string of the molecule is CC\C=C/C=C/C=C/C=C\C=C\C=C\CCCC(CC(=O)NC(CO)C(O)CCCCCCCCCCCCCCCC)OC(=O)CC/C=C/C/C=C/C/C=C/C/C=C/C/C=C/CC. The second kappa shape index (κ2) is 50.0. The molecule has 0 saturated carbocycles. The molecule has 0 radical (unpaired) electrons. The minimum atomic E-state index is -0.829. The molecule has 0 saturated heterocycles. The number of carbonyl (C=O) groups is 2. The van der Waals surface area contributed by atoms with E-state index in [2.05, 4.69) is 92.9 Å². The Hall–Kier alpha value is -4.00. The van der Waals surface area contributed by atoms with Gasteiger partial charge in [0.2, 0.25) is 5.91 Å². The van der Waals surface area contributed by atoms with Crippen LogP contribution in [0.1, 0.15) is 194 Å². The predicted molar refractivity (Wildman–Crippen MR) is 277 cm³/mol. The van der Waals surface area contributed by atoms with Gasteiger partial charge >= 0.3 is 5.97 Å². The average molecular weight is 884 g/mol. The van der Waals surface area contributed by atoms with Gasteiger partial charge in [0.1, 0.15) is 6.10 Å². The molecule has 6 heteroatoms. The molecule has 0 aromatic heterocycles. The Morgan fingerprint density at radius 1 is 0.484 bits per heavy atom. The maximum absolute atomic E-state index is 13.2. The Kier molecular flexibility index (Phi) is 46.9. The summed E-state index contributed by atoms with van der Waals surface area (Å²) in [5, 5.41) is 23.7. The third-order valence-corrected chi connectivity index (χ3v) is 10.6. The number of allylic oxidation sites excluding steroid dienone is 22. The fraction of sp³-hybridized carbons (Fsp3) is 0.586. The Bertz CT molecular complexity index is 1410. The summed E-state index contributed by atoms with van der Waals surface area (Å²) in [5.74, 6) is -0.663. The third-order valence-electron chi connectivity index (χ3n) is 10.6. The van der Waals surface area contributed by atoms with Crippen LogP contribution in [-0.4, -0.2) is 46.9 Å². The summed E-state index contributed by atoms with van der Waals surface area (Å²) in [4.78, 5) is 26.1. The van der Waals surface area contributed by atoms with Crippen molar-refractivity contribution in [2.45, 2.75) is 212 Å². The highest BCUT2D eigenvalue weighted by atomic mass is 16.5. The fourth-order valence-corrected chi connectivity index (χ4v) is 6.87. The van der Waals surface area contributed by atoms with E-state index in [1.54, 1.807) is 0 Å². The highest BCUT2D eigenvalue weighted by molar-refractivity contribution is 5.77. The van der Waals surface area contributed by atoms with Crippen LogP contribution in [0.3, 0.4) is 0 Å². The van der Waals surface area contributed by atoms with Crippen molar-refractivity contribution < 1.29 is 24.5 Å². The second-order valence-electron chi connectivity index (χ2n) is 16.6. The first-order valence-corrected chi connectivity index (χ1v) is 25.5. The molecule has 1 amide bonds. The number of rotatable bonds is 43. The Labute approximate surface area is 393 Å². The first-order chi connectivity index (χ1) is 31.5. The number of aliphatic hydroxyl groups excluding tert-OH is 2. The predicted octanol–water partition coefficient (Wildman–Crippen LogP) is 15.4. The number of nitrogens with one attached hydrogen (secondary N) is 1. The number of unbranched alkanes of at least 4 members (excludes halogenated alkanes) is 14. The first kappa shape index (κ1) is 60.0. The van der Waals surface area contributed by atoms with E-state index in [0.717, 1.165) is 70.6 Å². The molecular weight excluding hydrogens is 791 g/mol. The van der Waals surface area contributed by atoms with Gasteiger partial charge in [0.25, 0.3) is 0 Å². The molecule has 0 aromatic carbocycles. The molecule has 0 fully saturated rings. The quantitative estimate of drug-likeness (QED) is 0.0245. The summed E-state index contributed by atoms with van der Waals surface area (Å²) < 4.78 is 5.85. The van der Waals surface area contributed by atoms with E-state index in [1.165, 1.54) is 70.6 Å². The number of amides is 1. The van der Waals surface area contributed by atoms with Crippen LogP contribution in [0.5, 0.6) is 0 Å². The summed E-state index contributed by atoms with van der Waals surface area (Å²) in [7, 11) is 0. The summed E-state index contributed by atoms with van der Waals surface area (Å²) in [5.41, 5.74) is 0. The summed E-state index contributed by atoms with van der Waals surface area (Å²) in [6.07, 6.45) is 70.9. The number of hydrogen-bond donors (Lipinski definition) is 3. The van der Waals surface area contributed by atoms with E-state index in [4.69, 9.17) is 4.74 Å². The van der Waals surface area contributed by atoms with Crippen molar-refractivity contribution in [2.24, 2.45) is 0 Å². The highest BCUT2D eigenvalue weighted by Gasteiger charge is 2.23. The number of esters is 1. The molecule has 3 atom stereocenters. The van der Waals surface area contributed by atoms with Crippen LogP contribution >= 0.6 is 0 Å². The van der Waals surface area contributed by atoms with Crippen LogP contribution in [0.25, 0.3) is 0 Å². The van der Waals surface area contributed by atoms with Crippen molar-refractivity contribution in [3.8, 4) is 0 Å². The van der Waals surface area contributed by atoms with Gasteiger partial charge in [0.15, 0.2) is 0 Å². The van der Waals surface area contributed by atoms with Crippen LogP contribution in [0.15, 0.2) is 134 Å². The maximum Gasteiger partial charge on any atom is 0.306 e. The van der Waals surface area contributed by atoms with Crippen molar-refractivity contribution in [3.63, 3.8) is 0 Å². The lowest BCUT2D eigenvalue weighted by Gasteiger charge is -2.24. The number of hydrogen-bond acceptors (Lipinski definition) is 5. The topological polar surface area (TPSA) is 95.9 Å². The number of carbonyl (C=O) groups excluding carboxylic acids is 2. The lowest BCUT2D eigenvalue weighted by Crippen LogP contribution is -2.46. The lowest BCUT2D eigenvalue weighted by atomic mass is 10.0. The van der Waals surface area contributed by atoms with E-state index in [9.17, 15) is 19.8 Å². The van der Waals surface area contributed by atoms with Gasteiger partial charge in [-0.25, -0.2) is 0 Å². The van der Waals surface area contributed by atoms with Gasteiger partial charge in [-0.3, -0.25) is 9.59 Å². The lowest BCUT2D eigenvalue weighted by molar-refractivity contribution is -0.150. The molecule has 0 heterocycles. The first-order valence-electron chi connectivity index (χ1n) is 25.5. The van der Waals surface area contributed by atoms with Crippen LogP contribution < -0.4 is 5.32 Å². The molecule has 3 unspecified atom stereocenters. The molecule has 0 spiro atoms. The van der Waals surface area contributed by atoms with E-state index in [1.807, 2.05) is 66.8 Å². The number of ether oxygens (including phenoxy) is 1. The zero-order valence-electron chi connectivity index (χ0n) is 40.9. The van der Waals surface area contributed by atoms with Gasteiger partial charge in [-0.15, -0.1) is 0 Å². The monoisotopic (exact) mass is 884 g/mol. The minimum Gasteiger partial charge on any atom is -0.462 e. The largest absolute Gasteiger partial charge is 0.462 e. The maximum atomic E-state index is 13.2. The van der Waals surface area contributed by atoms with E-state index in [-0.39, 0.29) is 31.3 Å². The van der Waals surface area contributed by atoms with E-state index in [0.29, 0.717) is 19.3 Å². The van der Waals surface area contributed by atoms with E-state index < -0.39 is 18.2 Å². The van der Waals surface area contributed by atoms with Crippen LogP contribution in [0, 0.1) is 0 Å². The van der Waals surface area contributed by atoms with Gasteiger partial charge in [0.05, 0.1) is 25.2 Å². The van der Waals surface area contributed by atoms with Crippen molar-refractivity contribution in [2.75, 3.05) is 6.61 Å². The fourth-order valence-electron chi connectivity index (χ4n) is 6.87. The summed E-state index contributed by atoms with van der Waals surface area (Å²) in [6, 6.07) is -0.750. The van der Waals surface area contributed by atoms with Crippen LogP contribution in [0.2, 0.25) is 0 Å². The molecule has 0 aromatic rings. The molecule has 0 rings (SSSR count).